The molecule has 0 fully saturated rings. The number of carbonyl (C=O) groups excluding carboxylic acids is 1. The molecule has 0 spiro atoms. The largest absolute Gasteiger partial charge is 0.497 e. The lowest BCUT2D eigenvalue weighted by atomic mass is 9.86. The zero-order valence-corrected chi connectivity index (χ0v) is 18.5. The number of amides is 1. The van der Waals surface area contributed by atoms with E-state index in [-0.39, 0.29) is 12.0 Å². The number of methoxy groups -OCH3 is 4. The minimum absolute atomic E-state index is 0.0949. The van der Waals surface area contributed by atoms with E-state index < -0.39 is 11.8 Å². The van der Waals surface area contributed by atoms with Crippen molar-refractivity contribution in [3.8, 4) is 23.0 Å². The maximum Gasteiger partial charge on any atom is 0.267 e. The van der Waals surface area contributed by atoms with E-state index >= 15 is 0 Å². The van der Waals surface area contributed by atoms with Crippen LogP contribution in [0.1, 0.15) is 34.7 Å². The predicted molar refractivity (Wildman–Crippen MR) is 119 cm³/mol. The monoisotopic (exact) mass is 441 g/mol. The average molecular weight is 441 g/mol. The quantitative estimate of drug-likeness (QED) is 0.443. The van der Waals surface area contributed by atoms with Crippen molar-refractivity contribution in [2.24, 2.45) is 5.73 Å². The molecule has 1 amide bonds. The molecule has 0 aliphatic carbocycles. The topological polar surface area (TPSA) is 129 Å². The minimum atomic E-state index is -0.662. The van der Waals surface area contributed by atoms with E-state index in [0.29, 0.717) is 40.5 Å². The Balaban J connectivity index is 2.12. The van der Waals surface area contributed by atoms with E-state index in [1.165, 1.54) is 21.3 Å². The number of ether oxygens (including phenoxy) is 4. The fraction of sp³-hybridized carbons (Fsp3) is 0.304. The fourth-order valence-corrected chi connectivity index (χ4v) is 3.75. The summed E-state index contributed by atoms with van der Waals surface area (Å²) in [6.07, 6.45) is 0.339. The van der Waals surface area contributed by atoms with Gasteiger partial charge in [-0.05, 0) is 23.8 Å². The van der Waals surface area contributed by atoms with E-state index in [2.05, 4.69) is 10.2 Å². The molecule has 1 unspecified atom stereocenters. The van der Waals surface area contributed by atoms with Crippen molar-refractivity contribution in [1.29, 1.82) is 0 Å². The highest BCUT2D eigenvalue weighted by Crippen LogP contribution is 2.41. The van der Waals surface area contributed by atoms with Crippen molar-refractivity contribution >= 4 is 5.91 Å². The summed E-state index contributed by atoms with van der Waals surface area (Å²) in [7, 11) is 6.13. The fourth-order valence-electron chi connectivity index (χ4n) is 3.75. The van der Waals surface area contributed by atoms with Crippen LogP contribution in [0.25, 0.3) is 0 Å². The Kier molecular flexibility index (Phi) is 7.09. The summed E-state index contributed by atoms with van der Waals surface area (Å²) in [5.41, 5.74) is 7.83. The lowest BCUT2D eigenvalue weighted by molar-refractivity contribution is -0.118. The standard InChI is InChI=1S/C23H27N3O6/c1-29-14-7-5-13(6-8-14)9-17-22(23(28)26-25-17)16(11-21(24)27)15-10-19(31-3)20(32-4)12-18(15)30-2/h5-8,10,12,16H,9,11H2,1-4H3,(H2,24,27)(H2,25,26,28). The molecule has 3 aromatic rings. The molecule has 1 aromatic heterocycles. The van der Waals surface area contributed by atoms with Gasteiger partial charge < -0.3 is 29.8 Å². The Bertz CT molecular complexity index is 1130. The van der Waals surface area contributed by atoms with Gasteiger partial charge in [0, 0.05) is 41.6 Å². The van der Waals surface area contributed by atoms with Gasteiger partial charge in [-0.1, -0.05) is 12.1 Å². The van der Waals surface area contributed by atoms with Crippen molar-refractivity contribution in [3.05, 3.63) is 69.1 Å². The first-order valence-electron chi connectivity index (χ1n) is 9.92. The second-order valence-electron chi connectivity index (χ2n) is 7.17. The Labute approximate surface area is 185 Å². The van der Waals surface area contributed by atoms with Gasteiger partial charge in [0.1, 0.15) is 11.5 Å². The molecule has 9 nitrogen and oxygen atoms in total. The highest BCUT2D eigenvalue weighted by Gasteiger charge is 2.28. The highest BCUT2D eigenvalue weighted by atomic mass is 16.5. The normalized spacial score (nSPS) is 11.6. The van der Waals surface area contributed by atoms with Crippen molar-refractivity contribution in [2.75, 3.05) is 28.4 Å². The molecule has 1 heterocycles. The molecular formula is C23H27N3O6. The van der Waals surface area contributed by atoms with Gasteiger partial charge in [-0.3, -0.25) is 14.7 Å². The third-order valence-corrected chi connectivity index (χ3v) is 5.30. The van der Waals surface area contributed by atoms with Crippen LogP contribution in [0, 0.1) is 0 Å². The van der Waals surface area contributed by atoms with Gasteiger partial charge in [0.05, 0.1) is 28.4 Å². The number of primary amides is 1. The lowest BCUT2D eigenvalue weighted by Gasteiger charge is -2.21. The molecule has 0 saturated heterocycles. The number of nitrogens with two attached hydrogens (primary N) is 1. The maximum absolute atomic E-state index is 12.8. The Morgan fingerprint density at radius 1 is 0.906 bits per heavy atom. The van der Waals surface area contributed by atoms with Crippen LogP contribution in [-0.4, -0.2) is 44.5 Å². The second-order valence-corrected chi connectivity index (χ2v) is 7.17. The summed E-state index contributed by atoms with van der Waals surface area (Å²) < 4.78 is 21.5. The van der Waals surface area contributed by atoms with E-state index in [4.69, 9.17) is 24.7 Å². The summed E-state index contributed by atoms with van der Waals surface area (Å²) >= 11 is 0. The molecule has 0 aliphatic heterocycles. The molecule has 1 atom stereocenters. The summed E-state index contributed by atoms with van der Waals surface area (Å²) in [6, 6.07) is 10.9. The summed E-state index contributed by atoms with van der Waals surface area (Å²) in [5, 5.41) is 5.58. The number of H-pyrrole nitrogens is 2. The van der Waals surface area contributed by atoms with E-state index in [1.807, 2.05) is 24.3 Å². The highest BCUT2D eigenvalue weighted by molar-refractivity contribution is 5.76. The van der Waals surface area contributed by atoms with Crippen LogP contribution in [-0.2, 0) is 11.2 Å². The van der Waals surface area contributed by atoms with Gasteiger partial charge in [0.25, 0.3) is 5.56 Å². The van der Waals surface area contributed by atoms with Gasteiger partial charge in [-0.15, -0.1) is 0 Å². The van der Waals surface area contributed by atoms with Crippen LogP contribution >= 0.6 is 0 Å². The number of hydrogen-bond donors (Lipinski definition) is 3. The first-order chi connectivity index (χ1) is 15.4. The summed E-state index contributed by atoms with van der Waals surface area (Å²) in [5.74, 6) is 0.880. The van der Waals surface area contributed by atoms with Crippen LogP contribution in [0.4, 0.5) is 0 Å². The van der Waals surface area contributed by atoms with Crippen LogP contribution in [0.15, 0.2) is 41.2 Å². The third-order valence-electron chi connectivity index (χ3n) is 5.30. The number of aromatic nitrogens is 2. The van der Waals surface area contributed by atoms with Gasteiger partial charge in [-0.25, -0.2) is 0 Å². The van der Waals surface area contributed by atoms with Crippen LogP contribution < -0.4 is 30.2 Å². The molecule has 2 aromatic carbocycles. The second kappa shape index (κ2) is 9.95. The predicted octanol–water partition coefficient (Wildman–Crippen LogP) is 2.34. The number of nitrogens with one attached hydrogen (secondary N) is 2. The van der Waals surface area contributed by atoms with Gasteiger partial charge in [0.2, 0.25) is 5.91 Å². The Morgan fingerprint density at radius 3 is 2.09 bits per heavy atom. The molecule has 3 rings (SSSR count). The summed E-state index contributed by atoms with van der Waals surface area (Å²) in [6.45, 7) is 0. The lowest BCUT2D eigenvalue weighted by Crippen LogP contribution is -2.21. The number of benzene rings is 2. The van der Waals surface area contributed by atoms with Crippen LogP contribution in [0.5, 0.6) is 23.0 Å². The Morgan fingerprint density at radius 2 is 1.53 bits per heavy atom. The third kappa shape index (κ3) is 4.72. The Hall–Kier alpha value is -3.88. The molecule has 170 valence electrons. The summed E-state index contributed by atoms with van der Waals surface area (Å²) in [4.78, 5) is 24.8. The number of aromatic amines is 2. The smallest absolute Gasteiger partial charge is 0.267 e. The number of carbonyl (C=O) groups is 1. The van der Waals surface area contributed by atoms with Gasteiger partial charge in [-0.2, -0.15) is 0 Å². The molecule has 0 saturated carbocycles. The van der Waals surface area contributed by atoms with E-state index in [0.717, 1.165) is 11.3 Å². The zero-order chi connectivity index (χ0) is 23.3. The molecule has 0 aliphatic rings. The average Bonchev–Trinajstić information content (AvgIpc) is 3.16. The van der Waals surface area contributed by atoms with Crippen LogP contribution in [0.2, 0.25) is 0 Å². The SMILES string of the molecule is COc1ccc(Cc2[nH][nH]c(=O)c2C(CC(N)=O)c2cc(OC)c(OC)cc2OC)cc1. The first kappa shape index (κ1) is 22.8. The zero-order valence-electron chi connectivity index (χ0n) is 18.5. The molecule has 4 N–H and O–H groups in total. The molecule has 32 heavy (non-hydrogen) atoms. The van der Waals surface area contributed by atoms with E-state index in [1.54, 1.807) is 19.2 Å². The van der Waals surface area contributed by atoms with Gasteiger partial charge in [0.15, 0.2) is 11.5 Å². The van der Waals surface area contributed by atoms with E-state index in [9.17, 15) is 9.59 Å². The number of rotatable bonds is 10. The van der Waals surface area contributed by atoms with Crippen molar-refractivity contribution < 1.29 is 23.7 Å². The molecule has 0 radical (unpaired) electrons. The molecular weight excluding hydrogens is 414 g/mol. The van der Waals surface area contributed by atoms with Crippen molar-refractivity contribution in [3.63, 3.8) is 0 Å². The van der Waals surface area contributed by atoms with Crippen molar-refractivity contribution in [2.45, 2.75) is 18.8 Å². The minimum Gasteiger partial charge on any atom is -0.497 e. The molecule has 0 bridgehead atoms. The first-order valence-corrected chi connectivity index (χ1v) is 9.92. The van der Waals surface area contributed by atoms with Gasteiger partial charge >= 0.3 is 0 Å². The van der Waals surface area contributed by atoms with Crippen LogP contribution in [0.3, 0.4) is 0 Å². The number of hydrogen-bond acceptors (Lipinski definition) is 6. The molecule has 9 heteroatoms. The van der Waals surface area contributed by atoms with Crippen molar-refractivity contribution in [1.82, 2.24) is 10.2 Å². The maximum atomic E-state index is 12.8.